The maximum atomic E-state index is 12.9. The summed E-state index contributed by atoms with van der Waals surface area (Å²) in [5.41, 5.74) is 2.51. The van der Waals surface area contributed by atoms with Gasteiger partial charge in [-0.25, -0.2) is 13.4 Å². The summed E-state index contributed by atoms with van der Waals surface area (Å²) < 4.78 is 27.9. The first-order valence-electron chi connectivity index (χ1n) is 10.3. The lowest BCUT2D eigenvalue weighted by atomic mass is 10.1. The van der Waals surface area contributed by atoms with Crippen molar-refractivity contribution in [1.82, 2.24) is 15.0 Å². The number of hydrogen-bond acceptors (Lipinski definition) is 6. The van der Waals surface area contributed by atoms with E-state index in [2.05, 4.69) is 20.3 Å². The standard InChI is InChI=1S/C23H26N4O4S2/c1-15(2)21(27-33(30,31)19-7-5-4-6-8-19)22(29)26-23-25-20(14-32-23)18-11-9-17(10-12-18)13-24-16(3)28/h4-12,14-15,21,27H,13H2,1-3H3,(H,24,28)(H,25,26,29). The van der Waals surface area contributed by atoms with E-state index < -0.39 is 22.0 Å². The summed E-state index contributed by atoms with van der Waals surface area (Å²) >= 11 is 1.26. The van der Waals surface area contributed by atoms with Crippen LogP contribution in [0.15, 0.2) is 64.9 Å². The molecular formula is C23H26N4O4S2. The quantitative estimate of drug-likeness (QED) is 0.429. The first kappa shape index (κ1) is 24.6. The Morgan fingerprint density at radius 3 is 2.30 bits per heavy atom. The largest absolute Gasteiger partial charge is 0.352 e. The van der Waals surface area contributed by atoms with Crippen LogP contribution in [0.1, 0.15) is 26.3 Å². The van der Waals surface area contributed by atoms with E-state index in [1.807, 2.05) is 29.6 Å². The van der Waals surface area contributed by atoms with Crippen molar-refractivity contribution in [2.45, 2.75) is 38.3 Å². The number of anilines is 1. The Kier molecular flexibility index (Phi) is 7.96. The molecule has 0 fully saturated rings. The number of nitrogens with zero attached hydrogens (tertiary/aromatic N) is 1. The highest BCUT2D eigenvalue weighted by Gasteiger charge is 2.29. The summed E-state index contributed by atoms with van der Waals surface area (Å²) in [7, 11) is -3.85. The third-order valence-corrected chi connectivity index (χ3v) is 7.02. The van der Waals surface area contributed by atoms with Crippen molar-refractivity contribution in [1.29, 1.82) is 0 Å². The van der Waals surface area contributed by atoms with Crippen LogP contribution in [0.2, 0.25) is 0 Å². The van der Waals surface area contributed by atoms with E-state index in [0.29, 0.717) is 17.4 Å². The molecule has 1 atom stereocenters. The Bertz CT molecular complexity index is 1210. The number of rotatable bonds is 9. The molecule has 1 unspecified atom stereocenters. The zero-order valence-corrected chi connectivity index (χ0v) is 20.2. The zero-order chi connectivity index (χ0) is 24.0. The number of carbonyl (C=O) groups is 2. The minimum atomic E-state index is -3.85. The molecule has 0 radical (unpaired) electrons. The SMILES string of the molecule is CC(=O)NCc1ccc(-c2csc(NC(=O)C(NS(=O)(=O)c3ccccc3)C(C)C)n2)cc1. The molecule has 0 aliphatic rings. The highest BCUT2D eigenvalue weighted by atomic mass is 32.2. The second-order valence-corrected chi connectivity index (χ2v) is 10.4. The predicted molar refractivity (Wildman–Crippen MR) is 129 cm³/mol. The van der Waals surface area contributed by atoms with E-state index in [0.717, 1.165) is 11.1 Å². The number of carbonyl (C=O) groups excluding carboxylic acids is 2. The lowest BCUT2D eigenvalue weighted by Crippen LogP contribution is -2.47. The molecule has 0 bridgehead atoms. The molecule has 3 rings (SSSR count). The molecule has 2 amide bonds. The maximum absolute atomic E-state index is 12.9. The highest BCUT2D eigenvalue weighted by Crippen LogP contribution is 2.25. The van der Waals surface area contributed by atoms with Gasteiger partial charge in [-0.05, 0) is 23.6 Å². The molecule has 0 saturated heterocycles. The second-order valence-electron chi connectivity index (χ2n) is 7.79. The fraction of sp³-hybridized carbons (Fsp3) is 0.261. The normalized spacial score (nSPS) is 12.4. The van der Waals surface area contributed by atoms with Gasteiger partial charge in [0.05, 0.1) is 10.6 Å². The Hall–Kier alpha value is -3.08. The number of nitrogens with one attached hydrogen (secondary N) is 3. The van der Waals surface area contributed by atoms with Crippen LogP contribution in [-0.4, -0.2) is 31.3 Å². The molecule has 2 aromatic carbocycles. The Balaban J connectivity index is 1.68. The van der Waals surface area contributed by atoms with Crippen molar-refractivity contribution in [3.8, 4) is 11.3 Å². The van der Waals surface area contributed by atoms with Gasteiger partial charge in [-0.1, -0.05) is 56.3 Å². The van der Waals surface area contributed by atoms with Gasteiger partial charge >= 0.3 is 0 Å². The van der Waals surface area contributed by atoms with Crippen LogP contribution in [0.4, 0.5) is 5.13 Å². The van der Waals surface area contributed by atoms with E-state index >= 15 is 0 Å². The third kappa shape index (κ3) is 6.70. The number of hydrogen-bond donors (Lipinski definition) is 3. The summed E-state index contributed by atoms with van der Waals surface area (Å²) in [6.07, 6.45) is 0. The van der Waals surface area contributed by atoms with Crippen LogP contribution in [-0.2, 0) is 26.2 Å². The third-order valence-electron chi connectivity index (χ3n) is 4.81. The Labute approximate surface area is 197 Å². The van der Waals surface area contributed by atoms with Crippen molar-refractivity contribution >= 4 is 38.3 Å². The van der Waals surface area contributed by atoms with Crippen molar-refractivity contribution in [3.63, 3.8) is 0 Å². The summed E-state index contributed by atoms with van der Waals surface area (Å²) in [5.74, 6) is -0.847. The molecule has 0 spiro atoms. The van der Waals surface area contributed by atoms with Gasteiger partial charge in [0.15, 0.2) is 5.13 Å². The topological polar surface area (TPSA) is 117 Å². The van der Waals surface area contributed by atoms with Crippen molar-refractivity contribution in [3.05, 3.63) is 65.5 Å². The van der Waals surface area contributed by atoms with Crippen LogP contribution >= 0.6 is 11.3 Å². The first-order valence-corrected chi connectivity index (χ1v) is 12.7. The van der Waals surface area contributed by atoms with E-state index in [-0.39, 0.29) is 16.7 Å². The van der Waals surface area contributed by atoms with Crippen LogP contribution < -0.4 is 15.4 Å². The monoisotopic (exact) mass is 486 g/mol. The molecule has 0 aliphatic heterocycles. The van der Waals surface area contributed by atoms with Crippen molar-refractivity contribution in [2.24, 2.45) is 5.92 Å². The molecule has 8 nitrogen and oxygen atoms in total. The molecule has 1 aromatic heterocycles. The molecule has 10 heteroatoms. The van der Waals surface area contributed by atoms with E-state index in [1.54, 1.807) is 32.0 Å². The molecule has 3 N–H and O–H groups in total. The number of amides is 2. The number of thiazole rings is 1. The van der Waals surface area contributed by atoms with Gasteiger partial charge in [0.1, 0.15) is 6.04 Å². The molecule has 3 aromatic rings. The first-order chi connectivity index (χ1) is 15.7. The summed E-state index contributed by atoms with van der Waals surface area (Å²) in [4.78, 5) is 28.5. The lowest BCUT2D eigenvalue weighted by Gasteiger charge is -2.21. The van der Waals surface area contributed by atoms with Gasteiger partial charge in [0.2, 0.25) is 21.8 Å². The van der Waals surface area contributed by atoms with Gasteiger partial charge in [-0.3, -0.25) is 9.59 Å². The van der Waals surface area contributed by atoms with Crippen LogP contribution in [0.25, 0.3) is 11.3 Å². The Morgan fingerprint density at radius 1 is 1.03 bits per heavy atom. The van der Waals surface area contributed by atoms with Crippen molar-refractivity contribution in [2.75, 3.05) is 5.32 Å². The fourth-order valence-electron chi connectivity index (χ4n) is 2.99. The van der Waals surface area contributed by atoms with E-state index in [4.69, 9.17) is 0 Å². The van der Waals surface area contributed by atoms with Crippen LogP contribution in [0.5, 0.6) is 0 Å². The van der Waals surface area contributed by atoms with E-state index in [1.165, 1.54) is 30.4 Å². The average Bonchev–Trinajstić information content (AvgIpc) is 3.25. The van der Waals surface area contributed by atoms with Gasteiger partial charge in [-0.15, -0.1) is 11.3 Å². The summed E-state index contributed by atoms with van der Waals surface area (Å²) in [6, 6.07) is 14.6. The minimum Gasteiger partial charge on any atom is -0.352 e. The fourth-order valence-corrected chi connectivity index (χ4v) is 5.08. The molecule has 1 heterocycles. The van der Waals surface area contributed by atoms with Gasteiger partial charge < -0.3 is 10.6 Å². The Morgan fingerprint density at radius 2 is 1.70 bits per heavy atom. The minimum absolute atomic E-state index is 0.0929. The number of aromatic nitrogens is 1. The molecule has 174 valence electrons. The van der Waals surface area contributed by atoms with Crippen LogP contribution in [0.3, 0.4) is 0 Å². The summed E-state index contributed by atoms with van der Waals surface area (Å²) in [6.45, 7) is 5.46. The van der Waals surface area contributed by atoms with Crippen LogP contribution in [0, 0.1) is 5.92 Å². The molecule has 0 aliphatic carbocycles. The lowest BCUT2D eigenvalue weighted by molar-refractivity contribution is -0.119. The molecular weight excluding hydrogens is 460 g/mol. The van der Waals surface area contributed by atoms with Gasteiger partial charge in [-0.2, -0.15) is 4.72 Å². The summed E-state index contributed by atoms with van der Waals surface area (Å²) in [5, 5.41) is 7.66. The van der Waals surface area contributed by atoms with Crippen molar-refractivity contribution < 1.29 is 18.0 Å². The highest BCUT2D eigenvalue weighted by molar-refractivity contribution is 7.89. The maximum Gasteiger partial charge on any atom is 0.244 e. The van der Waals surface area contributed by atoms with E-state index in [9.17, 15) is 18.0 Å². The number of sulfonamides is 1. The average molecular weight is 487 g/mol. The van der Waals surface area contributed by atoms with Gasteiger partial charge in [0.25, 0.3) is 0 Å². The smallest absolute Gasteiger partial charge is 0.244 e. The number of benzene rings is 2. The molecule has 33 heavy (non-hydrogen) atoms. The van der Waals surface area contributed by atoms with Gasteiger partial charge in [0, 0.05) is 24.4 Å². The molecule has 0 saturated carbocycles. The zero-order valence-electron chi connectivity index (χ0n) is 18.5. The predicted octanol–water partition coefficient (Wildman–Crippen LogP) is 3.39. The second kappa shape index (κ2) is 10.7.